The molecule has 3 aromatic rings. The number of nitrogens with one attached hydrogen (secondary N) is 2. The summed E-state index contributed by atoms with van der Waals surface area (Å²) in [4.78, 5) is 24.7. The molecule has 3 heterocycles. The minimum absolute atomic E-state index is 0.0360. The zero-order valence-electron chi connectivity index (χ0n) is 16.1. The van der Waals surface area contributed by atoms with E-state index in [2.05, 4.69) is 25.6 Å². The van der Waals surface area contributed by atoms with Crippen molar-refractivity contribution in [3.63, 3.8) is 0 Å². The first-order valence-electron chi connectivity index (χ1n) is 9.65. The highest BCUT2D eigenvalue weighted by atomic mass is 32.1. The minimum Gasteiger partial charge on any atom is -0.365 e. The summed E-state index contributed by atoms with van der Waals surface area (Å²) < 4.78 is 14.6. The molecule has 0 aromatic carbocycles. The first kappa shape index (κ1) is 20.2. The van der Waals surface area contributed by atoms with E-state index in [1.54, 1.807) is 18.6 Å². The van der Waals surface area contributed by atoms with Gasteiger partial charge in [0.15, 0.2) is 11.6 Å². The summed E-state index contributed by atoms with van der Waals surface area (Å²) in [5, 5.41) is 8.81. The van der Waals surface area contributed by atoms with E-state index >= 15 is 0 Å². The molecule has 2 atom stereocenters. The van der Waals surface area contributed by atoms with Crippen LogP contribution in [-0.2, 0) is 0 Å². The number of hydrogen-bond donors (Lipinski definition) is 4. The van der Waals surface area contributed by atoms with Crippen LogP contribution in [-0.4, -0.2) is 32.9 Å². The smallest absolute Gasteiger partial charge is 0.252 e. The highest BCUT2D eigenvalue weighted by Gasteiger charge is 2.24. The van der Waals surface area contributed by atoms with Crippen LogP contribution in [0, 0.1) is 5.82 Å². The highest BCUT2D eigenvalue weighted by Crippen LogP contribution is 2.28. The first-order valence-corrected chi connectivity index (χ1v) is 10.5. The van der Waals surface area contributed by atoms with Crippen LogP contribution in [0.25, 0.3) is 10.6 Å². The van der Waals surface area contributed by atoms with E-state index in [0.717, 1.165) is 42.3 Å². The van der Waals surface area contributed by atoms with Gasteiger partial charge in [0.25, 0.3) is 5.91 Å². The molecule has 0 saturated heterocycles. The fraction of sp³-hybridized carbons (Fsp3) is 0.300. The SMILES string of the molecule is NC(=O)c1cc(F)c(NC2CCCC[C@@H]2N)nc1Nc1cncc(-c2nccs2)c1. The lowest BCUT2D eigenvalue weighted by Gasteiger charge is -2.30. The lowest BCUT2D eigenvalue weighted by Crippen LogP contribution is -2.43. The van der Waals surface area contributed by atoms with Crippen molar-refractivity contribution in [1.82, 2.24) is 15.0 Å². The maximum atomic E-state index is 14.6. The van der Waals surface area contributed by atoms with Gasteiger partial charge < -0.3 is 22.1 Å². The van der Waals surface area contributed by atoms with Gasteiger partial charge in [0.2, 0.25) is 0 Å². The van der Waals surface area contributed by atoms with E-state index in [1.807, 2.05) is 11.4 Å². The molecule has 3 aromatic heterocycles. The standard InChI is InChI=1S/C20H22FN7OS/c21-14-8-13(17(23)29)18(28-19(14)27-16-4-2-1-3-15(16)22)26-12-7-11(9-24-10-12)20-25-5-6-30-20/h5-10,15-16H,1-4,22H2,(H2,23,29)(H2,26,27,28)/t15-,16?/m0/s1. The Morgan fingerprint density at radius 1 is 1.20 bits per heavy atom. The monoisotopic (exact) mass is 427 g/mol. The van der Waals surface area contributed by atoms with Crippen molar-refractivity contribution in [2.24, 2.45) is 11.5 Å². The van der Waals surface area contributed by atoms with Crippen molar-refractivity contribution in [3.05, 3.63) is 47.5 Å². The largest absolute Gasteiger partial charge is 0.365 e. The summed E-state index contributed by atoms with van der Waals surface area (Å²) in [6, 6.07) is 2.76. The number of anilines is 3. The number of carbonyl (C=O) groups is 1. The third-order valence-electron chi connectivity index (χ3n) is 5.06. The van der Waals surface area contributed by atoms with E-state index in [-0.39, 0.29) is 29.3 Å². The van der Waals surface area contributed by atoms with Gasteiger partial charge in [-0.25, -0.2) is 14.4 Å². The van der Waals surface area contributed by atoms with Gasteiger partial charge >= 0.3 is 0 Å². The summed E-state index contributed by atoms with van der Waals surface area (Å²) >= 11 is 1.48. The zero-order valence-corrected chi connectivity index (χ0v) is 17.0. The fourth-order valence-electron chi connectivity index (χ4n) is 3.52. The molecule has 6 N–H and O–H groups in total. The molecular formula is C20H22FN7OS. The Balaban J connectivity index is 1.64. The van der Waals surface area contributed by atoms with Gasteiger partial charge in [-0.05, 0) is 25.0 Å². The Hall–Kier alpha value is -3.11. The van der Waals surface area contributed by atoms with Gasteiger partial charge in [-0.15, -0.1) is 11.3 Å². The Bertz CT molecular complexity index is 1040. The maximum absolute atomic E-state index is 14.6. The molecule has 1 fully saturated rings. The predicted molar refractivity (Wildman–Crippen MR) is 115 cm³/mol. The van der Waals surface area contributed by atoms with Crippen LogP contribution in [0.1, 0.15) is 36.0 Å². The molecule has 0 bridgehead atoms. The van der Waals surface area contributed by atoms with Crippen molar-refractivity contribution in [1.29, 1.82) is 0 Å². The summed E-state index contributed by atoms with van der Waals surface area (Å²) in [5.41, 5.74) is 12.9. The number of carbonyl (C=O) groups excluding carboxylic acids is 1. The lowest BCUT2D eigenvalue weighted by molar-refractivity contribution is 0.100. The van der Waals surface area contributed by atoms with E-state index in [1.165, 1.54) is 11.3 Å². The van der Waals surface area contributed by atoms with Gasteiger partial charge in [0.1, 0.15) is 10.8 Å². The van der Waals surface area contributed by atoms with Gasteiger partial charge in [0, 0.05) is 35.4 Å². The second-order valence-corrected chi connectivity index (χ2v) is 8.10. The molecule has 1 aliphatic carbocycles. The van der Waals surface area contributed by atoms with Crippen molar-refractivity contribution in [3.8, 4) is 10.6 Å². The molecule has 0 aliphatic heterocycles. The quantitative estimate of drug-likeness (QED) is 0.475. The van der Waals surface area contributed by atoms with Crippen LogP contribution in [0.4, 0.5) is 21.7 Å². The van der Waals surface area contributed by atoms with E-state index in [9.17, 15) is 9.18 Å². The molecule has 1 aliphatic rings. The van der Waals surface area contributed by atoms with Crippen LogP contribution < -0.4 is 22.1 Å². The maximum Gasteiger partial charge on any atom is 0.252 e. The molecular weight excluding hydrogens is 405 g/mol. The zero-order chi connectivity index (χ0) is 21.1. The summed E-state index contributed by atoms with van der Waals surface area (Å²) in [5.74, 6) is -1.25. The second kappa shape index (κ2) is 8.72. The molecule has 156 valence electrons. The number of nitrogens with zero attached hydrogens (tertiary/aromatic N) is 3. The number of nitrogens with two attached hydrogens (primary N) is 2. The number of aromatic nitrogens is 3. The second-order valence-electron chi connectivity index (χ2n) is 7.20. The van der Waals surface area contributed by atoms with Crippen LogP contribution >= 0.6 is 11.3 Å². The molecule has 10 heteroatoms. The van der Waals surface area contributed by atoms with Crippen molar-refractivity contribution < 1.29 is 9.18 Å². The number of hydrogen-bond acceptors (Lipinski definition) is 8. The van der Waals surface area contributed by atoms with Crippen LogP contribution in [0.3, 0.4) is 0 Å². The van der Waals surface area contributed by atoms with Gasteiger partial charge in [-0.2, -0.15) is 0 Å². The molecule has 1 saturated carbocycles. The van der Waals surface area contributed by atoms with Crippen molar-refractivity contribution in [2.45, 2.75) is 37.8 Å². The number of pyridine rings is 2. The molecule has 30 heavy (non-hydrogen) atoms. The summed E-state index contributed by atoms with van der Waals surface area (Å²) in [6.07, 6.45) is 8.77. The Morgan fingerprint density at radius 3 is 2.77 bits per heavy atom. The summed E-state index contributed by atoms with van der Waals surface area (Å²) in [6.45, 7) is 0. The third-order valence-corrected chi connectivity index (χ3v) is 5.89. The number of halogens is 1. The average molecular weight is 428 g/mol. The molecule has 0 spiro atoms. The van der Waals surface area contributed by atoms with Crippen molar-refractivity contribution >= 4 is 34.6 Å². The lowest BCUT2D eigenvalue weighted by atomic mass is 9.91. The average Bonchev–Trinajstić information content (AvgIpc) is 3.27. The fourth-order valence-corrected chi connectivity index (χ4v) is 4.14. The number of thiazole rings is 1. The molecule has 1 amide bonds. The topological polar surface area (TPSA) is 132 Å². The Morgan fingerprint density at radius 2 is 2.03 bits per heavy atom. The minimum atomic E-state index is -0.783. The Kier molecular flexibility index (Phi) is 5.86. The van der Waals surface area contributed by atoms with Gasteiger partial charge in [-0.3, -0.25) is 9.78 Å². The number of primary amides is 1. The van der Waals surface area contributed by atoms with E-state index < -0.39 is 11.7 Å². The van der Waals surface area contributed by atoms with E-state index in [4.69, 9.17) is 11.5 Å². The number of rotatable bonds is 6. The third kappa shape index (κ3) is 4.39. The predicted octanol–water partition coefficient (Wildman–Crippen LogP) is 3.26. The first-order chi connectivity index (χ1) is 14.5. The molecule has 8 nitrogen and oxygen atoms in total. The van der Waals surface area contributed by atoms with Gasteiger partial charge in [0.05, 0.1) is 17.4 Å². The van der Waals surface area contributed by atoms with Crippen LogP contribution in [0.5, 0.6) is 0 Å². The number of amides is 1. The Labute approximate surface area is 177 Å². The van der Waals surface area contributed by atoms with Crippen LogP contribution in [0.15, 0.2) is 36.1 Å². The molecule has 0 radical (unpaired) electrons. The van der Waals surface area contributed by atoms with Crippen molar-refractivity contribution in [2.75, 3.05) is 10.6 Å². The summed E-state index contributed by atoms with van der Waals surface area (Å²) in [7, 11) is 0. The van der Waals surface area contributed by atoms with E-state index in [0.29, 0.717) is 5.69 Å². The highest BCUT2D eigenvalue weighted by molar-refractivity contribution is 7.13. The van der Waals surface area contributed by atoms with Crippen LogP contribution in [0.2, 0.25) is 0 Å². The molecule has 1 unspecified atom stereocenters. The molecule has 4 rings (SSSR count). The van der Waals surface area contributed by atoms with Gasteiger partial charge in [-0.1, -0.05) is 12.8 Å². The normalized spacial score (nSPS) is 18.7.